The molecule has 0 aliphatic rings. The van der Waals surface area contributed by atoms with Crippen LogP contribution in [0.5, 0.6) is 0 Å². The predicted octanol–water partition coefficient (Wildman–Crippen LogP) is 6.70. The Morgan fingerprint density at radius 3 is 1.27 bits per heavy atom. The fourth-order valence-electron chi connectivity index (χ4n) is 2.64. The Balaban J connectivity index is 1.89. The molecule has 2 aromatic rings. The van der Waals surface area contributed by atoms with Crippen molar-refractivity contribution in [3.05, 3.63) is 71.8 Å². The van der Waals surface area contributed by atoms with E-state index in [9.17, 15) is 0 Å². The van der Waals surface area contributed by atoms with Gasteiger partial charge in [-0.05, 0) is 38.8 Å². The van der Waals surface area contributed by atoms with Crippen LogP contribution in [0.15, 0.2) is 60.7 Å². The van der Waals surface area contributed by atoms with E-state index in [4.69, 9.17) is 9.47 Å². The maximum atomic E-state index is 6.13. The maximum Gasteiger partial charge on any atom is 0.0927 e. The summed E-state index contributed by atoms with van der Waals surface area (Å²) in [4.78, 5) is 0. The van der Waals surface area contributed by atoms with E-state index in [1.807, 2.05) is 33.7 Å². The first-order valence-electron chi connectivity index (χ1n) is 9.21. The molecule has 0 aromatic heterocycles. The molecule has 2 rings (SSSR count). The molecular weight excluding hydrogens is 360 g/mol. The molecule has 0 fully saturated rings. The molecular formula is C22H30O2S2. The maximum absolute atomic E-state index is 6.13. The third-order valence-corrected chi connectivity index (χ3v) is 6.10. The lowest BCUT2D eigenvalue weighted by Gasteiger charge is -2.22. The van der Waals surface area contributed by atoms with Gasteiger partial charge < -0.3 is 9.47 Å². The van der Waals surface area contributed by atoms with E-state index >= 15 is 0 Å². The van der Waals surface area contributed by atoms with Gasteiger partial charge in [-0.2, -0.15) is 0 Å². The molecule has 0 aliphatic carbocycles. The molecule has 4 heteroatoms. The fraction of sp³-hybridized carbons (Fsp3) is 0.455. The summed E-state index contributed by atoms with van der Waals surface area (Å²) in [5.41, 5.74) is 2.49. The van der Waals surface area contributed by atoms with E-state index in [0.717, 1.165) is 11.5 Å². The van der Waals surface area contributed by atoms with Gasteiger partial charge in [0.25, 0.3) is 0 Å². The van der Waals surface area contributed by atoms with Gasteiger partial charge in [0.15, 0.2) is 0 Å². The van der Waals surface area contributed by atoms with Crippen LogP contribution in [-0.2, 0) is 9.47 Å². The average Bonchev–Trinajstić information content (AvgIpc) is 2.64. The normalized spacial score (nSPS) is 13.9. The van der Waals surface area contributed by atoms with Crippen LogP contribution in [0.3, 0.4) is 0 Å². The summed E-state index contributed by atoms with van der Waals surface area (Å²) in [5.74, 6) is 1.85. The molecule has 2 unspecified atom stereocenters. The van der Waals surface area contributed by atoms with Crippen LogP contribution >= 0.6 is 21.6 Å². The smallest absolute Gasteiger partial charge is 0.0927 e. The zero-order valence-corrected chi connectivity index (χ0v) is 17.8. The molecule has 0 saturated carbocycles. The Labute approximate surface area is 166 Å². The second kappa shape index (κ2) is 11.7. The summed E-state index contributed by atoms with van der Waals surface area (Å²) in [6.07, 6.45) is 0.670. The summed E-state index contributed by atoms with van der Waals surface area (Å²) in [6, 6.07) is 21.0. The highest BCUT2D eigenvalue weighted by Gasteiger charge is 2.17. The van der Waals surface area contributed by atoms with E-state index < -0.39 is 0 Å². The van der Waals surface area contributed by atoms with Gasteiger partial charge in [-0.3, -0.25) is 0 Å². The number of rotatable bonds is 11. The van der Waals surface area contributed by atoms with Crippen molar-refractivity contribution in [2.45, 2.75) is 52.1 Å². The molecule has 0 amide bonds. The van der Waals surface area contributed by atoms with Gasteiger partial charge in [0.1, 0.15) is 0 Å². The second-order valence-electron chi connectivity index (χ2n) is 6.74. The summed E-state index contributed by atoms with van der Waals surface area (Å²) in [5, 5.41) is 0. The van der Waals surface area contributed by atoms with Gasteiger partial charge in [0.05, 0.1) is 24.4 Å². The van der Waals surface area contributed by atoms with Crippen LogP contribution in [0.1, 0.15) is 51.0 Å². The van der Waals surface area contributed by atoms with Crippen molar-refractivity contribution >= 4 is 21.6 Å². The third kappa shape index (κ3) is 7.75. The van der Waals surface area contributed by atoms with Crippen molar-refractivity contribution < 1.29 is 9.47 Å². The third-order valence-electron chi connectivity index (χ3n) is 3.74. The summed E-state index contributed by atoms with van der Waals surface area (Å²) in [7, 11) is 3.72. The monoisotopic (exact) mass is 390 g/mol. The van der Waals surface area contributed by atoms with E-state index in [0.29, 0.717) is 0 Å². The van der Waals surface area contributed by atoms with Gasteiger partial charge in [-0.25, -0.2) is 0 Å². The zero-order chi connectivity index (χ0) is 18.8. The molecule has 0 spiro atoms. The highest BCUT2D eigenvalue weighted by Crippen LogP contribution is 2.34. The second-order valence-corrected chi connectivity index (χ2v) is 9.29. The van der Waals surface area contributed by atoms with Crippen LogP contribution in [0.2, 0.25) is 0 Å². The lowest BCUT2D eigenvalue weighted by molar-refractivity contribution is 0.0202. The van der Waals surface area contributed by atoms with E-state index in [2.05, 4.69) is 76.2 Å². The van der Waals surface area contributed by atoms with Gasteiger partial charge in [-0.15, -0.1) is 0 Å². The number of benzene rings is 2. The van der Waals surface area contributed by atoms with E-state index in [1.54, 1.807) is 0 Å². The van der Waals surface area contributed by atoms with Crippen LogP contribution in [0.25, 0.3) is 0 Å². The average molecular weight is 391 g/mol. The molecule has 0 radical (unpaired) electrons. The molecule has 142 valence electrons. The molecule has 0 aliphatic heterocycles. The van der Waals surface area contributed by atoms with Crippen LogP contribution < -0.4 is 0 Å². The van der Waals surface area contributed by atoms with Crippen molar-refractivity contribution in [1.82, 2.24) is 0 Å². The van der Waals surface area contributed by atoms with Gasteiger partial charge in [0.2, 0.25) is 0 Å². The molecule has 2 nitrogen and oxygen atoms in total. The Bertz CT molecular complexity index is 547. The Morgan fingerprint density at radius 2 is 0.962 bits per heavy atom. The van der Waals surface area contributed by atoms with Crippen molar-refractivity contribution in [1.29, 1.82) is 0 Å². The van der Waals surface area contributed by atoms with Crippen LogP contribution in [0.4, 0.5) is 0 Å². The lowest BCUT2D eigenvalue weighted by Crippen LogP contribution is -2.14. The predicted molar refractivity (Wildman–Crippen MR) is 116 cm³/mol. The van der Waals surface area contributed by atoms with E-state index in [-0.39, 0.29) is 24.4 Å². The first-order chi connectivity index (χ1) is 12.6. The minimum atomic E-state index is 0.120. The molecule has 26 heavy (non-hydrogen) atoms. The largest absolute Gasteiger partial charge is 0.370 e. The number of hydrogen-bond acceptors (Lipinski definition) is 4. The molecule has 0 saturated heterocycles. The van der Waals surface area contributed by atoms with Crippen molar-refractivity contribution in [2.75, 3.05) is 11.5 Å². The number of ether oxygens (including phenoxy) is 2. The van der Waals surface area contributed by atoms with Crippen molar-refractivity contribution in [3.8, 4) is 0 Å². The Hall–Kier alpha value is -0.940. The highest BCUT2D eigenvalue weighted by atomic mass is 33.1. The van der Waals surface area contributed by atoms with E-state index in [1.165, 1.54) is 11.1 Å². The summed E-state index contributed by atoms with van der Waals surface area (Å²) >= 11 is 0. The minimum Gasteiger partial charge on any atom is -0.370 e. The minimum absolute atomic E-state index is 0.120. The lowest BCUT2D eigenvalue weighted by atomic mass is 10.1. The standard InChI is InChI=1S/C22H30O2S2/c1-17(2)23-21(19-11-7-5-8-12-19)15-25-26-16-22(24-18(3)4)20-13-9-6-10-14-20/h5-14,17-18,21-22H,15-16H2,1-4H3. The fourth-order valence-corrected chi connectivity index (χ4v) is 4.94. The van der Waals surface area contributed by atoms with Gasteiger partial charge >= 0.3 is 0 Å². The van der Waals surface area contributed by atoms with Crippen LogP contribution in [-0.4, -0.2) is 23.7 Å². The summed E-state index contributed by atoms with van der Waals surface area (Å²) < 4.78 is 12.3. The van der Waals surface area contributed by atoms with Crippen LogP contribution in [0, 0.1) is 0 Å². The molecule has 0 heterocycles. The topological polar surface area (TPSA) is 18.5 Å². The molecule has 0 N–H and O–H groups in total. The highest BCUT2D eigenvalue weighted by molar-refractivity contribution is 8.76. The first kappa shape index (κ1) is 21.4. The molecule has 2 aromatic carbocycles. The zero-order valence-electron chi connectivity index (χ0n) is 16.1. The quantitative estimate of drug-likeness (QED) is 0.314. The Kier molecular flexibility index (Phi) is 9.62. The number of hydrogen-bond donors (Lipinski definition) is 0. The van der Waals surface area contributed by atoms with Crippen molar-refractivity contribution in [3.63, 3.8) is 0 Å². The first-order valence-corrected chi connectivity index (χ1v) is 11.7. The Morgan fingerprint density at radius 1 is 0.615 bits per heavy atom. The molecule has 2 atom stereocenters. The van der Waals surface area contributed by atoms with Crippen molar-refractivity contribution in [2.24, 2.45) is 0 Å². The van der Waals surface area contributed by atoms with Gasteiger partial charge in [0, 0.05) is 11.5 Å². The molecule has 0 bridgehead atoms. The van der Waals surface area contributed by atoms with Gasteiger partial charge in [-0.1, -0.05) is 82.3 Å². The SMILES string of the molecule is CC(C)OC(CSSCC(OC(C)C)c1ccccc1)c1ccccc1. The summed E-state index contributed by atoms with van der Waals surface area (Å²) in [6.45, 7) is 8.37.